The summed E-state index contributed by atoms with van der Waals surface area (Å²) in [6, 6.07) is 3.34. The van der Waals surface area contributed by atoms with E-state index in [-0.39, 0.29) is 5.75 Å². The Morgan fingerprint density at radius 2 is 1.92 bits per heavy atom. The number of carboxylic acids is 1. The molecule has 0 amide bonds. The van der Waals surface area contributed by atoms with Gasteiger partial charge in [-0.1, -0.05) is 11.6 Å². The molecule has 8 nitrogen and oxygen atoms in total. The monoisotopic (exact) mass is 389 g/mol. The summed E-state index contributed by atoms with van der Waals surface area (Å²) in [5.74, 6) is -1.39. The molecule has 1 N–H and O–H groups in total. The number of aryl methyl sites for hydroxylation is 1. The summed E-state index contributed by atoms with van der Waals surface area (Å²) in [4.78, 5) is 12.0. The molecular formula is C14H11ClF3N5O3. The lowest BCUT2D eigenvalue weighted by Crippen LogP contribution is -2.17. The van der Waals surface area contributed by atoms with Crippen molar-refractivity contribution in [3.05, 3.63) is 28.9 Å². The van der Waals surface area contributed by atoms with Gasteiger partial charge in [0.25, 0.3) is 5.88 Å². The van der Waals surface area contributed by atoms with E-state index in [0.717, 1.165) is 11.8 Å². The van der Waals surface area contributed by atoms with Crippen LogP contribution in [-0.2, 0) is 18.0 Å². The molecule has 3 aromatic rings. The summed E-state index contributed by atoms with van der Waals surface area (Å²) in [6.45, 7) is 1.41. The van der Waals surface area contributed by atoms with Crippen LogP contribution in [0.3, 0.4) is 0 Å². The Bertz CT molecular complexity index is 998. The van der Waals surface area contributed by atoms with Gasteiger partial charge < -0.3 is 9.84 Å². The third-order valence-corrected chi connectivity index (χ3v) is 3.85. The second-order valence-corrected chi connectivity index (χ2v) is 5.75. The zero-order chi connectivity index (χ0) is 19.2. The second kappa shape index (κ2) is 6.16. The van der Waals surface area contributed by atoms with Gasteiger partial charge in [0.05, 0.1) is 0 Å². The number of ether oxygens (including phenoxy) is 1. The molecule has 0 aliphatic heterocycles. The topological polar surface area (TPSA) is 95.1 Å². The van der Waals surface area contributed by atoms with E-state index >= 15 is 0 Å². The Morgan fingerprint density at radius 1 is 1.27 bits per heavy atom. The number of benzene rings is 1. The number of halogens is 4. The molecule has 0 aliphatic rings. The molecule has 0 radical (unpaired) electrons. The highest BCUT2D eigenvalue weighted by Gasteiger charge is 2.39. The number of fused-ring (bicyclic) bond motifs is 1. The van der Waals surface area contributed by atoms with E-state index in [4.69, 9.17) is 21.4 Å². The Kier molecular flexibility index (Phi) is 4.26. The molecule has 0 saturated heterocycles. The zero-order valence-corrected chi connectivity index (χ0v) is 14.1. The molecule has 0 aliphatic carbocycles. The highest BCUT2D eigenvalue weighted by atomic mass is 35.5. The standard InChI is InChI=1S/C14H11ClF3N5O3/c1-6(13(24)25)23-19-8-4-3-7(5-9(8)20-23)26-12-10(15)11(14(16,17)18)22(2)21-12/h3-6H,1-2H3,(H,24,25). The molecule has 3 rings (SSSR count). The molecule has 12 heteroatoms. The van der Waals surface area contributed by atoms with Gasteiger partial charge in [-0.15, -0.1) is 5.10 Å². The fourth-order valence-electron chi connectivity index (χ4n) is 2.20. The fourth-order valence-corrected chi connectivity index (χ4v) is 2.51. The minimum atomic E-state index is -4.68. The summed E-state index contributed by atoms with van der Waals surface area (Å²) in [5.41, 5.74) is -0.427. The normalized spacial score (nSPS) is 13.2. The molecule has 1 atom stereocenters. The van der Waals surface area contributed by atoms with Crippen LogP contribution < -0.4 is 4.74 Å². The molecule has 0 saturated carbocycles. The molecule has 2 heterocycles. The van der Waals surface area contributed by atoms with E-state index in [0.29, 0.717) is 15.7 Å². The fraction of sp³-hybridized carbons (Fsp3) is 0.286. The Hall–Kier alpha value is -2.82. The van der Waals surface area contributed by atoms with Crippen LogP contribution >= 0.6 is 11.6 Å². The average molecular weight is 390 g/mol. The Morgan fingerprint density at radius 3 is 2.50 bits per heavy atom. The highest BCUT2D eigenvalue weighted by molar-refractivity contribution is 6.32. The largest absolute Gasteiger partial charge is 0.480 e. The van der Waals surface area contributed by atoms with Gasteiger partial charge in [0, 0.05) is 13.1 Å². The van der Waals surface area contributed by atoms with Crippen molar-refractivity contribution in [2.75, 3.05) is 0 Å². The van der Waals surface area contributed by atoms with Crippen molar-refractivity contribution in [2.24, 2.45) is 7.05 Å². The number of aliphatic carboxylic acids is 1. The maximum atomic E-state index is 12.9. The van der Waals surface area contributed by atoms with Crippen LogP contribution in [0, 0.1) is 0 Å². The maximum Gasteiger partial charge on any atom is 0.434 e. The summed E-state index contributed by atoms with van der Waals surface area (Å²) in [5, 5.41) is 20.0. The smallest absolute Gasteiger partial charge is 0.434 e. The summed E-state index contributed by atoms with van der Waals surface area (Å²) in [6.07, 6.45) is -4.68. The molecule has 138 valence electrons. The van der Waals surface area contributed by atoms with E-state index < -0.39 is 34.8 Å². The van der Waals surface area contributed by atoms with Crippen LogP contribution in [0.15, 0.2) is 18.2 Å². The first-order chi connectivity index (χ1) is 12.1. The molecule has 26 heavy (non-hydrogen) atoms. The van der Waals surface area contributed by atoms with E-state index in [1.165, 1.54) is 25.1 Å². The van der Waals surface area contributed by atoms with Gasteiger partial charge in [-0.05, 0) is 19.1 Å². The number of carbonyl (C=O) groups is 1. The Labute approximate surface area is 148 Å². The van der Waals surface area contributed by atoms with Crippen molar-refractivity contribution >= 4 is 28.6 Å². The lowest BCUT2D eigenvalue weighted by Gasteiger charge is -2.06. The molecular weight excluding hydrogens is 379 g/mol. The molecule has 0 spiro atoms. The minimum Gasteiger partial charge on any atom is -0.480 e. The van der Waals surface area contributed by atoms with E-state index in [2.05, 4.69) is 15.3 Å². The van der Waals surface area contributed by atoms with Crippen LogP contribution in [-0.4, -0.2) is 35.9 Å². The van der Waals surface area contributed by atoms with Crippen molar-refractivity contribution in [2.45, 2.75) is 19.1 Å². The number of hydrogen-bond donors (Lipinski definition) is 1. The van der Waals surface area contributed by atoms with Crippen molar-refractivity contribution in [1.82, 2.24) is 24.8 Å². The van der Waals surface area contributed by atoms with Gasteiger partial charge in [0.2, 0.25) is 0 Å². The zero-order valence-electron chi connectivity index (χ0n) is 13.3. The number of alkyl halides is 3. The third kappa shape index (κ3) is 3.17. The van der Waals surface area contributed by atoms with Gasteiger partial charge >= 0.3 is 12.1 Å². The second-order valence-electron chi connectivity index (χ2n) is 5.38. The first-order valence-electron chi connectivity index (χ1n) is 7.15. The lowest BCUT2D eigenvalue weighted by atomic mass is 10.3. The van der Waals surface area contributed by atoms with Gasteiger partial charge in [-0.3, -0.25) is 4.68 Å². The van der Waals surface area contributed by atoms with Gasteiger partial charge in [0.1, 0.15) is 21.8 Å². The molecule has 2 aromatic heterocycles. The quantitative estimate of drug-likeness (QED) is 0.735. The van der Waals surface area contributed by atoms with Crippen LogP contribution in [0.25, 0.3) is 11.0 Å². The Balaban J connectivity index is 1.94. The average Bonchev–Trinajstić information content (AvgIpc) is 3.06. The van der Waals surface area contributed by atoms with Crippen molar-refractivity contribution in [1.29, 1.82) is 0 Å². The minimum absolute atomic E-state index is 0.126. The van der Waals surface area contributed by atoms with Crippen LogP contribution in [0.2, 0.25) is 5.02 Å². The first-order valence-corrected chi connectivity index (χ1v) is 7.52. The number of hydrogen-bond acceptors (Lipinski definition) is 5. The molecule has 0 bridgehead atoms. The first kappa shape index (κ1) is 18.0. The molecule has 1 aromatic carbocycles. The van der Waals surface area contributed by atoms with Gasteiger partial charge in [-0.25, -0.2) is 4.79 Å². The number of nitrogens with zero attached hydrogens (tertiary/aromatic N) is 5. The molecule has 1 unspecified atom stereocenters. The maximum absolute atomic E-state index is 12.9. The SMILES string of the molecule is CC(C(=O)O)n1nc2ccc(Oc3nn(C)c(C(F)(F)F)c3Cl)cc2n1. The van der Waals surface area contributed by atoms with Crippen molar-refractivity contribution < 1.29 is 27.8 Å². The van der Waals surface area contributed by atoms with Gasteiger partial charge in [0.15, 0.2) is 11.7 Å². The predicted molar refractivity (Wildman–Crippen MR) is 83.2 cm³/mol. The highest BCUT2D eigenvalue weighted by Crippen LogP contribution is 2.40. The van der Waals surface area contributed by atoms with E-state index in [9.17, 15) is 18.0 Å². The molecule has 0 fully saturated rings. The van der Waals surface area contributed by atoms with Crippen LogP contribution in [0.1, 0.15) is 18.7 Å². The number of rotatable bonds is 4. The van der Waals surface area contributed by atoms with E-state index in [1.807, 2.05) is 0 Å². The third-order valence-electron chi connectivity index (χ3n) is 3.51. The van der Waals surface area contributed by atoms with Crippen molar-refractivity contribution in [3.63, 3.8) is 0 Å². The van der Waals surface area contributed by atoms with Gasteiger partial charge in [-0.2, -0.15) is 28.2 Å². The van der Waals surface area contributed by atoms with Crippen LogP contribution in [0.5, 0.6) is 11.6 Å². The number of aromatic nitrogens is 5. The predicted octanol–water partition coefficient (Wildman–Crippen LogP) is 3.27. The lowest BCUT2D eigenvalue weighted by molar-refractivity contribution is -0.143. The van der Waals surface area contributed by atoms with Crippen LogP contribution in [0.4, 0.5) is 13.2 Å². The number of carboxylic acid groups (broad SMARTS) is 1. The summed E-state index contributed by atoms with van der Waals surface area (Å²) in [7, 11) is 1.10. The summed E-state index contributed by atoms with van der Waals surface area (Å²) >= 11 is 5.74. The van der Waals surface area contributed by atoms with E-state index in [1.54, 1.807) is 0 Å². The summed E-state index contributed by atoms with van der Waals surface area (Å²) < 4.78 is 44.7. The van der Waals surface area contributed by atoms with Crippen molar-refractivity contribution in [3.8, 4) is 11.6 Å².